The summed E-state index contributed by atoms with van der Waals surface area (Å²) >= 11 is 0. The van der Waals surface area contributed by atoms with Gasteiger partial charge in [-0.15, -0.1) is 13.2 Å². The standard InChI is InChI=1S/C26H18F3N3O4/c27-26(28,29)36-18-4-1-3-15(12-18)11-17(33)13-16-6-7-22(24-19(16)5-2-9-30-24)35-21-8-10-31-25-20(21)14-23(34)32-25/h1-10,12H,11,13-14H2,(H,31,32,34). The maximum absolute atomic E-state index is 12.8. The Kier molecular flexibility index (Phi) is 6.01. The molecule has 1 N–H and O–H groups in total. The van der Waals surface area contributed by atoms with Crippen molar-refractivity contribution in [2.45, 2.75) is 25.6 Å². The molecule has 36 heavy (non-hydrogen) atoms. The van der Waals surface area contributed by atoms with Crippen LogP contribution in [0.15, 0.2) is 67.0 Å². The summed E-state index contributed by atoms with van der Waals surface area (Å²) in [7, 11) is 0. The number of carbonyl (C=O) groups excluding carboxylic acids is 2. The number of ketones is 1. The summed E-state index contributed by atoms with van der Waals surface area (Å²) in [4.78, 5) is 33.1. The highest BCUT2D eigenvalue weighted by atomic mass is 19.4. The third-order valence-corrected chi connectivity index (χ3v) is 5.57. The average Bonchev–Trinajstić information content (AvgIpc) is 3.21. The van der Waals surface area contributed by atoms with Gasteiger partial charge in [0.05, 0.1) is 6.42 Å². The molecule has 182 valence electrons. The van der Waals surface area contributed by atoms with Crippen molar-refractivity contribution < 1.29 is 32.2 Å². The minimum absolute atomic E-state index is 0.0515. The number of nitrogens with zero attached hydrogens (tertiary/aromatic N) is 2. The number of pyridine rings is 2. The van der Waals surface area contributed by atoms with Gasteiger partial charge >= 0.3 is 6.36 Å². The summed E-state index contributed by atoms with van der Waals surface area (Å²) in [6.45, 7) is 0. The molecule has 0 saturated heterocycles. The summed E-state index contributed by atoms with van der Waals surface area (Å²) in [6, 6.07) is 14.1. The topological polar surface area (TPSA) is 90.4 Å². The number of ether oxygens (including phenoxy) is 2. The van der Waals surface area contributed by atoms with Gasteiger partial charge in [0.15, 0.2) is 5.75 Å². The molecule has 0 unspecified atom stereocenters. The first-order valence-electron chi connectivity index (χ1n) is 10.9. The Morgan fingerprint density at radius 1 is 0.972 bits per heavy atom. The maximum atomic E-state index is 12.8. The number of carbonyl (C=O) groups is 2. The highest BCUT2D eigenvalue weighted by Gasteiger charge is 2.31. The van der Waals surface area contributed by atoms with E-state index in [1.54, 1.807) is 36.5 Å². The van der Waals surface area contributed by atoms with Crippen molar-refractivity contribution in [1.82, 2.24) is 9.97 Å². The zero-order chi connectivity index (χ0) is 25.3. The second-order valence-electron chi connectivity index (χ2n) is 8.17. The number of benzene rings is 2. The molecule has 0 spiro atoms. The Morgan fingerprint density at radius 2 is 1.83 bits per heavy atom. The van der Waals surface area contributed by atoms with E-state index in [1.165, 1.54) is 24.4 Å². The van der Waals surface area contributed by atoms with E-state index in [2.05, 4.69) is 20.0 Å². The lowest BCUT2D eigenvalue weighted by Crippen LogP contribution is -2.17. The van der Waals surface area contributed by atoms with Crippen molar-refractivity contribution in [3.63, 3.8) is 0 Å². The zero-order valence-electron chi connectivity index (χ0n) is 18.6. The van der Waals surface area contributed by atoms with Crippen molar-refractivity contribution in [1.29, 1.82) is 0 Å². The first-order chi connectivity index (χ1) is 17.2. The number of amides is 1. The maximum Gasteiger partial charge on any atom is 0.573 e. The average molecular weight is 493 g/mol. The summed E-state index contributed by atoms with van der Waals surface area (Å²) in [5.41, 5.74) is 2.31. The second-order valence-corrected chi connectivity index (χ2v) is 8.17. The normalized spacial score (nSPS) is 12.8. The molecular weight excluding hydrogens is 475 g/mol. The van der Waals surface area contributed by atoms with Gasteiger partial charge in [-0.3, -0.25) is 14.6 Å². The van der Waals surface area contributed by atoms with E-state index in [0.717, 1.165) is 0 Å². The van der Waals surface area contributed by atoms with E-state index in [4.69, 9.17) is 4.74 Å². The van der Waals surface area contributed by atoms with Crippen molar-refractivity contribution >= 4 is 28.4 Å². The Labute approximate surface area is 202 Å². The SMILES string of the molecule is O=C(Cc1cccc(OC(F)(F)F)c1)Cc1ccc(Oc2ccnc3c2CC(=O)N3)c2ncccc12. The van der Waals surface area contributed by atoms with Gasteiger partial charge < -0.3 is 14.8 Å². The Morgan fingerprint density at radius 3 is 2.67 bits per heavy atom. The van der Waals surface area contributed by atoms with E-state index < -0.39 is 6.36 Å². The van der Waals surface area contributed by atoms with Crippen molar-refractivity contribution in [3.8, 4) is 17.2 Å². The van der Waals surface area contributed by atoms with Gasteiger partial charge in [0.1, 0.15) is 28.6 Å². The Balaban J connectivity index is 1.37. The van der Waals surface area contributed by atoms with E-state index in [9.17, 15) is 22.8 Å². The molecule has 2 aromatic heterocycles. The van der Waals surface area contributed by atoms with Crippen LogP contribution < -0.4 is 14.8 Å². The number of Topliss-reactive ketones (excluding diaryl/α,β-unsaturated/α-hetero) is 1. The fourth-order valence-corrected chi connectivity index (χ4v) is 4.10. The number of fused-ring (bicyclic) bond motifs is 2. The zero-order valence-corrected chi connectivity index (χ0v) is 18.6. The number of nitrogens with one attached hydrogen (secondary N) is 1. The fourth-order valence-electron chi connectivity index (χ4n) is 4.10. The van der Waals surface area contributed by atoms with E-state index >= 15 is 0 Å². The van der Waals surface area contributed by atoms with Crippen molar-refractivity contribution in [2.24, 2.45) is 0 Å². The van der Waals surface area contributed by atoms with Crippen LogP contribution in [0.4, 0.5) is 19.0 Å². The van der Waals surface area contributed by atoms with Crippen LogP contribution in [0.5, 0.6) is 17.2 Å². The van der Waals surface area contributed by atoms with Gasteiger partial charge in [-0.05, 0) is 41.5 Å². The van der Waals surface area contributed by atoms with Gasteiger partial charge in [0.25, 0.3) is 0 Å². The largest absolute Gasteiger partial charge is 0.573 e. The summed E-state index contributed by atoms with van der Waals surface area (Å²) in [5.74, 6) is 0.669. The van der Waals surface area contributed by atoms with Gasteiger partial charge in [0.2, 0.25) is 5.91 Å². The lowest BCUT2D eigenvalue weighted by molar-refractivity contribution is -0.274. The number of aromatic nitrogens is 2. The number of anilines is 1. The van der Waals surface area contributed by atoms with Gasteiger partial charge in [-0.1, -0.05) is 24.3 Å². The van der Waals surface area contributed by atoms with Crippen molar-refractivity contribution in [2.75, 3.05) is 5.32 Å². The highest BCUT2D eigenvalue weighted by Crippen LogP contribution is 2.36. The van der Waals surface area contributed by atoms with Crippen LogP contribution in [0.25, 0.3) is 10.9 Å². The van der Waals surface area contributed by atoms with Crippen LogP contribution in [0.1, 0.15) is 16.7 Å². The van der Waals surface area contributed by atoms with E-state index in [1.807, 2.05) is 6.07 Å². The number of halogens is 3. The molecule has 0 fully saturated rings. The Hall–Kier alpha value is -4.47. The van der Waals surface area contributed by atoms with Gasteiger partial charge in [-0.25, -0.2) is 4.98 Å². The summed E-state index contributed by atoms with van der Waals surface area (Å²) in [5, 5.41) is 3.39. The van der Waals surface area contributed by atoms with E-state index in [0.29, 0.717) is 44.9 Å². The van der Waals surface area contributed by atoms with Crippen LogP contribution in [0.2, 0.25) is 0 Å². The third-order valence-electron chi connectivity index (χ3n) is 5.57. The molecule has 5 rings (SSSR count). The lowest BCUT2D eigenvalue weighted by Gasteiger charge is -2.13. The molecule has 0 aliphatic carbocycles. The molecule has 0 atom stereocenters. The number of hydrogen-bond donors (Lipinski definition) is 1. The minimum Gasteiger partial charge on any atom is -0.455 e. The molecule has 10 heteroatoms. The number of hydrogen-bond acceptors (Lipinski definition) is 6. The monoisotopic (exact) mass is 493 g/mol. The molecule has 1 aliphatic rings. The molecule has 7 nitrogen and oxygen atoms in total. The smallest absolute Gasteiger partial charge is 0.455 e. The molecular formula is C26H18F3N3O4. The molecule has 4 aromatic rings. The fraction of sp³-hybridized carbons (Fsp3) is 0.154. The molecule has 1 aliphatic heterocycles. The lowest BCUT2D eigenvalue weighted by atomic mass is 9.99. The van der Waals surface area contributed by atoms with Crippen LogP contribution in [0.3, 0.4) is 0 Å². The summed E-state index contributed by atoms with van der Waals surface area (Å²) < 4.78 is 47.5. The number of rotatable bonds is 7. The van der Waals surface area contributed by atoms with Crippen LogP contribution in [-0.4, -0.2) is 28.0 Å². The number of alkyl halides is 3. The predicted molar refractivity (Wildman–Crippen MR) is 124 cm³/mol. The molecule has 1 amide bonds. The third kappa shape index (κ3) is 5.12. The molecule has 0 saturated carbocycles. The van der Waals surface area contributed by atoms with E-state index in [-0.39, 0.29) is 36.7 Å². The first kappa shape index (κ1) is 23.3. The second kappa shape index (κ2) is 9.29. The van der Waals surface area contributed by atoms with Crippen molar-refractivity contribution in [3.05, 3.63) is 83.7 Å². The predicted octanol–water partition coefficient (Wildman–Crippen LogP) is 5.17. The summed E-state index contributed by atoms with van der Waals surface area (Å²) in [6.07, 6.45) is -1.51. The molecule has 2 aromatic carbocycles. The molecule has 0 radical (unpaired) electrons. The highest BCUT2D eigenvalue weighted by molar-refractivity contribution is 5.99. The van der Waals surface area contributed by atoms with Crippen LogP contribution in [0, 0.1) is 0 Å². The van der Waals surface area contributed by atoms with Gasteiger partial charge in [-0.2, -0.15) is 0 Å². The quantitative estimate of drug-likeness (QED) is 0.382. The van der Waals surface area contributed by atoms with Gasteiger partial charge in [0, 0.05) is 36.2 Å². The Bertz CT molecular complexity index is 1490. The molecule has 0 bridgehead atoms. The van der Waals surface area contributed by atoms with Crippen LogP contribution >= 0.6 is 0 Å². The first-order valence-corrected chi connectivity index (χ1v) is 10.9. The minimum atomic E-state index is -4.80. The van der Waals surface area contributed by atoms with Crippen LogP contribution in [-0.2, 0) is 28.9 Å². The molecule has 3 heterocycles.